The molecule has 2 fully saturated rings. The maximum Gasteiger partial charge on any atom is 0.240 e. The third kappa shape index (κ3) is 3.96. The molecule has 116 valence electrons. The van der Waals surface area contributed by atoms with Crippen LogP contribution >= 0.6 is 0 Å². The summed E-state index contributed by atoms with van der Waals surface area (Å²) in [7, 11) is -3.41. The summed E-state index contributed by atoms with van der Waals surface area (Å²) in [5, 5.41) is 3.41. The van der Waals surface area contributed by atoms with Crippen molar-refractivity contribution in [1.29, 1.82) is 0 Å². The highest BCUT2D eigenvalue weighted by Gasteiger charge is 2.28. The zero-order chi connectivity index (χ0) is 14.9. The summed E-state index contributed by atoms with van der Waals surface area (Å²) < 4.78 is 32.9. The third-order valence-electron chi connectivity index (χ3n) is 3.70. The first-order valence-electron chi connectivity index (χ1n) is 7.60. The van der Waals surface area contributed by atoms with Crippen LogP contribution in [-0.2, 0) is 16.6 Å². The maximum absolute atomic E-state index is 12.3. The van der Waals surface area contributed by atoms with E-state index < -0.39 is 10.0 Å². The Morgan fingerprint density at radius 2 is 1.90 bits per heavy atom. The molecule has 0 unspecified atom stereocenters. The highest BCUT2D eigenvalue weighted by molar-refractivity contribution is 7.89. The van der Waals surface area contributed by atoms with Gasteiger partial charge in [0.2, 0.25) is 10.0 Å². The second-order valence-electron chi connectivity index (χ2n) is 5.75. The predicted octanol–water partition coefficient (Wildman–Crippen LogP) is 1.78. The van der Waals surface area contributed by atoms with E-state index in [2.05, 4.69) is 10.0 Å². The Morgan fingerprint density at radius 3 is 2.52 bits per heavy atom. The van der Waals surface area contributed by atoms with Crippen molar-refractivity contribution in [2.45, 2.75) is 56.1 Å². The van der Waals surface area contributed by atoms with Crippen molar-refractivity contribution in [2.24, 2.45) is 0 Å². The molecule has 21 heavy (non-hydrogen) atoms. The molecule has 2 aliphatic rings. The smallest absolute Gasteiger partial charge is 0.240 e. The van der Waals surface area contributed by atoms with Crippen LogP contribution in [0, 0.1) is 0 Å². The molecular formula is C15H22N2O3S. The van der Waals surface area contributed by atoms with Crippen molar-refractivity contribution < 1.29 is 13.2 Å². The molecule has 3 rings (SSSR count). The summed E-state index contributed by atoms with van der Waals surface area (Å²) in [4.78, 5) is 0.324. The molecule has 0 bridgehead atoms. The van der Waals surface area contributed by atoms with Crippen molar-refractivity contribution >= 4 is 10.0 Å². The largest absolute Gasteiger partial charge is 0.494 e. The van der Waals surface area contributed by atoms with Crippen LogP contribution in [0.25, 0.3) is 0 Å². The molecule has 0 aliphatic heterocycles. The van der Waals surface area contributed by atoms with Gasteiger partial charge >= 0.3 is 0 Å². The lowest BCUT2D eigenvalue weighted by atomic mass is 10.2. The second kappa shape index (κ2) is 5.94. The average molecular weight is 310 g/mol. The van der Waals surface area contributed by atoms with Gasteiger partial charge in [0.25, 0.3) is 0 Å². The summed E-state index contributed by atoms with van der Waals surface area (Å²) in [6, 6.07) is 5.80. The van der Waals surface area contributed by atoms with Crippen LogP contribution < -0.4 is 14.8 Å². The second-order valence-corrected chi connectivity index (χ2v) is 7.47. The van der Waals surface area contributed by atoms with E-state index in [0.717, 1.165) is 24.2 Å². The van der Waals surface area contributed by atoms with Gasteiger partial charge in [-0.15, -0.1) is 0 Å². The van der Waals surface area contributed by atoms with Crippen LogP contribution in [0.2, 0.25) is 0 Å². The minimum atomic E-state index is -3.41. The molecule has 0 spiro atoms. The number of benzene rings is 1. The minimum absolute atomic E-state index is 0.120. The zero-order valence-electron chi connectivity index (χ0n) is 12.3. The van der Waals surface area contributed by atoms with Gasteiger partial charge in [-0.1, -0.05) is 0 Å². The number of sulfonamides is 1. The molecule has 2 saturated carbocycles. The van der Waals surface area contributed by atoms with Crippen molar-refractivity contribution in [3.63, 3.8) is 0 Å². The minimum Gasteiger partial charge on any atom is -0.494 e. The topological polar surface area (TPSA) is 67.4 Å². The van der Waals surface area contributed by atoms with Crippen molar-refractivity contribution in [2.75, 3.05) is 6.61 Å². The Kier molecular flexibility index (Phi) is 4.19. The first kappa shape index (κ1) is 14.8. The standard InChI is InChI=1S/C15H22N2O3S/c1-2-20-15-8-7-14(21(18,19)17-13-5-6-13)9-11(15)10-16-12-3-4-12/h7-9,12-13,16-17H,2-6,10H2,1H3. The van der Waals surface area contributed by atoms with Gasteiger partial charge in [0.1, 0.15) is 5.75 Å². The highest BCUT2D eigenvalue weighted by Crippen LogP contribution is 2.27. The van der Waals surface area contributed by atoms with Gasteiger partial charge in [-0.2, -0.15) is 0 Å². The average Bonchev–Trinajstić information content (AvgIpc) is 3.32. The molecule has 1 aromatic rings. The van der Waals surface area contributed by atoms with Gasteiger partial charge < -0.3 is 10.1 Å². The van der Waals surface area contributed by atoms with E-state index in [1.54, 1.807) is 18.2 Å². The van der Waals surface area contributed by atoms with E-state index in [4.69, 9.17) is 4.74 Å². The molecule has 0 saturated heterocycles. The summed E-state index contributed by atoms with van der Waals surface area (Å²) in [5.74, 6) is 0.760. The van der Waals surface area contributed by atoms with Crippen molar-refractivity contribution in [3.8, 4) is 5.75 Å². The summed E-state index contributed by atoms with van der Waals surface area (Å²) in [6.45, 7) is 3.15. The quantitative estimate of drug-likeness (QED) is 0.768. The fraction of sp³-hybridized carbons (Fsp3) is 0.600. The Bertz CT molecular complexity index is 607. The van der Waals surface area contributed by atoms with E-state index in [0.29, 0.717) is 24.1 Å². The van der Waals surface area contributed by atoms with E-state index in [9.17, 15) is 8.42 Å². The molecule has 0 heterocycles. The zero-order valence-corrected chi connectivity index (χ0v) is 13.1. The molecule has 0 radical (unpaired) electrons. The highest BCUT2D eigenvalue weighted by atomic mass is 32.2. The van der Waals surface area contributed by atoms with Crippen LogP contribution in [-0.4, -0.2) is 27.1 Å². The van der Waals surface area contributed by atoms with Crippen molar-refractivity contribution in [3.05, 3.63) is 23.8 Å². The third-order valence-corrected chi connectivity index (χ3v) is 5.22. The first-order valence-corrected chi connectivity index (χ1v) is 9.08. The lowest BCUT2D eigenvalue weighted by molar-refractivity contribution is 0.335. The molecular weight excluding hydrogens is 288 g/mol. The maximum atomic E-state index is 12.3. The number of hydrogen-bond donors (Lipinski definition) is 2. The lowest BCUT2D eigenvalue weighted by Crippen LogP contribution is -2.26. The normalized spacial score (nSPS) is 18.7. The molecule has 0 amide bonds. The Labute approximate surface area is 126 Å². The summed E-state index contributed by atoms with van der Waals surface area (Å²) >= 11 is 0. The molecule has 0 aromatic heterocycles. The van der Waals surface area contributed by atoms with Gasteiger partial charge in [0.05, 0.1) is 11.5 Å². The van der Waals surface area contributed by atoms with E-state index >= 15 is 0 Å². The Hall–Kier alpha value is -1.11. The van der Waals surface area contributed by atoms with Gasteiger partial charge in [-0.25, -0.2) is 13.1 Å². The van der Waals surface area contributed by atoms with Crippen LogP contribution in [0.3, 0.4) is 0 Å². The van der Waals surface area contributed by atoms with Crippen LogP contribution in [0.4, 0.5) is 0 Å². The van der Waals surface area contributed by atoms with E-state index in [1.165, 1.54) is 12.8 Å². The fourth-order valence-electron chi connectivity index (χ4n) is 2.19. The molecule has 2 N–H and O–H groups in total. The van der Waals surface area contributed by atoms with Crippen LogP contribution in [0.15, 0.2) is 23.1 Å². The first-order chi connectivity index (χ1) is 10.1. The SMILES string of the molecule is CCOc1ccc(S(=O)(=O)NC2CC2)cc1CNC1CC1. The van der Waals surface area contributed by atoms with E-state index in [-0.39, 0.29) is 6.04 Å². The number of rotatable bonds is 8. The monoisotopic (exact) mass is 310 g/mol. The number of ether oxygens (including phenoxy) is 1. The Morgan fingerprint density at radius 1 is 1.19 bits per heavy atom. The molecule has 6 heteroatoms. The van der Waals surface area contributed by atoms with Gasteiger partial charge in [-0.3, -0.25) is 0 Å². The van der Waals surface area contributed by atoms with Gasteiger partial charge in [0, 0.05) is 24.2 Å². The number of nitrogens with one attached hydrogen (secondary N) is 2. The van der Waals surface area contributed by atoms with E-state index in [1.807, 2.05) is 6.92 Å². The molecule has 1 aromatic carbocycles. The molecule has 5 nitrogen and oxygen atoms in total. The number of hydrogen-bond acceptors (Lipinski definition) is 4. The van der Waals surface area contributed by atoms with Gasteiger partial charge in [-0.05, 0) is 50.8 Å². The summed E-state index contributed by atoms with van der Waals surface area (Å²) in [5.41, 5.74) is 0.905. The summed E-state index contributed by atoms with van der Waals surface area (Å²) in [6.07, 6.45) is 4.27. The van der Waals surface area contributed by atoms with Crippen LogP contribution in [0.1, 0.15) is 38.2 Å². The van der Waals surface area contributed by atoms with Crippen molar-refractivity contribution in [1.82, 2.24) is 10.0 Å². The Balaban J connectivity index is 1.81. The molecule has 0 atom stereocenters. The van der Waals surface area contributed by atoms with Gasteiger partial charge in [0.15, 0.2) is 0 Å². The lowest BCUT2D eigenvalue weighted by Gasteiger charge is -2.13. The van der Waals surface area contributed by atoms with Crippen LogP contribution in [0.5, 0.6) is 5.75 Å². The fourth-order valence-corrected chi connectivity index (χ4v) is 3.54. The predicted molar refractivity (Wildman–Crippen MR) is 80.8 cm³/mol. The molecule has 2 aliphatic carbocycles.